The number of alkyl halides is 1. The lowest BCUT2D eigenvalue weighted by molar-refractivity contribution is 0.120. The number of benzene rings is 2. The second-order valence-electron chi connectivity index (χ2n) is 4.46. The van der Waals surface area contributed by atoms with E-state index in [1.54, 1.807) is 7.11 Å². The van der Waals surface area contributed by atoms with Crippen LogP contribution < -0.4 is 9.47 Å². The van der Waals surface area contributed by atoms with Gasteiger partial charge in [0.25, 0.3) is 0 Å². The van der Waals surface area contributed by atoms with E-state index in [1.807, 2.05) is 55.5 Å². The van der Waals surface area contributed by atoms with E-state index in [-0.39, 0.29) is 0 Å². The molecule has 112 valence electrons. The minimum absolute atomic E-state index is 0.474. The first-order valence-corrected chi connectivity index (χ1v) is 7.28. The maximum atomic E-state index is 6.17. The average molecular weight is 307 g/mol. The quantitative estimate of drug-likeness (QED) is 0.702. The van der Waals surface area contributed by atoms with Crippen molar-refractivity contribution in [2.75, 3.05) is 13.7 Å². The van der Waals surface area contributed by atoms with Crippen LogP contribution in [0.25, 0.3) is 0 Å². The summed E-state index contributed by atoms with van der Waals surface area (Å²) in [7, 11) is 1.62. The standard InChI is InChI=1S/C17H19ClO3/c1-3-20-17(18)14-9-10-15(19-2)16(11-14)21-12-13-7-5-4-6-8-13/h4-11,17H,3,12H2,1-2H3. The molecule has 0 N–H and O–H groups in total. The zero-order valence-electron chi connectivity index (χ0n) is 12.2. The molecule has 2 aromatic carbocycles. The Morgan fingerprint density at radius 2 is 1.81 bits per heavy atom. The Balaban J connectivity index is 2.14. The molecule has 2 rings (SSSR count). The van der Waals surface area contributed by atoms with Crippen molar-refractivity contribution in [1.82, 2.24) is 0 Å². The highest BCUT2D eigenvalue weighted by Gasteiger charge is 2.12. The van der Waals surface area contributed by atoms with Crippen LogP contribution in [0.15, 0.2) is 48.5 Å². The van der Waals surface area contributed by atoms with Crippen molar-refractivity contribution in [2.45, 2.75) is 19.1 Å². The predicted molar refractivity (Wildman–Crippen MR) is 84.0 cm³/mol. The molecule has 0 saturated carbocycles. The normalized spacial score (nSPS) is 12.0. The highest BCUT2D eigenvalue weighted by Crippen LogP contribution is 2.33. The number of halogens is 1. The summed E-state index contributed by atoms with van der Waals surface area (Å²) in [4.78, 5) is 0. The van der Waals surface area contributed by atoms with E-state index in [4.69, 9.17) is 25.8 Å². The Morgan fingerprint density at radius 1 is 1.05 bits per heavy atom. The summed E-state index contributed by atoms with van der Waals surface area (Å²) in [6.45, 7) is 2.94. The van der Waals surface area contributed by atoms with Crippen LogP contribution in [0.2, 0.25) is 0 Å². The van der Waals surface area contributed by atoms with Crippen LogP contribution in [-0.2, 0) is 11.3 Å². The van der Waals surface area contributed by atoms with Gasteiger partial charge in [-0.2, -0.15) is 0 Å². The molecule has 0 aliphatic heterocycles. The van der Waals surface area contributed by atoms with Gasteiger partial charge in [0.2, 0.25) is 0 Å². The lowest BCUT2D eigenvalue weighted by atomic mass is 10.2. The molecule has 4 heteroatoms. The Kier molecular flexibility index (Phi) is 5.90. The van der Waals surface area contributed by atoms with E-state index in [0.717, 1.165) is 11.1 Å². The molecule has 21 heavy (non-hydrogen) atoms. The minimum atomic E-state index is -0.486. The van der Waals surface area contributed by atoms with Crippen molar-refractivity contribution >= 4 is 11.6 Å². The van der Waals surface area contributed by atoms with Gasteiger partial charge in [0.15, 0.2) is 17.1 Å². The highest BCUT2D eigenvalue weighted by atomic mass is 35.5. The van der Waals surface area contributed by atoms with Gasteiger partial charge in [-0.05, 0) is 30.2 Å². The van der Waals surface area contributed by atoms with E-state index in [1.165, 1.54) is 0 Å². The maximum Gasteiger partial charge on any atom is 0.162 e. The molecule has 0 aliphatic rings. The second-order valence-corrected chi connectivity index (χ2v) is 4.85. The largest absolute Gasteiger partial charge is 0.493 e. The van der Waals surface area contributed by atoms with Crippen molar-refractivity contribution in [1.29, 1.82) is 0 Å². The monoisotopic (exact) mass is 306 g/mol. The summed E-state index contributed by atoms with van der Waals surface area (Å²) in [5.74, 6) is 1.33. The fraction of sp³-hybridized carbons (Fsp3) is 0.294. The molecule has 2 aromatic rings. The topological polar surface area (TPSA) is 27.7 Å². The molecule has 0 fully saturated rings. The van der Waals surface area contributed by atoms with Gasteiger partial charge >= 0.3 is 0 Å². The molecular formula is C17H19ClO3. The summed E-state index contributed by atoms with van der Waals surface area (Å²) < 4.78 is 16.6. The molecule has 0 heterocycles. The molecule has 0 radical (unpaired) electrons. The number of ether oxygens (including phenoxy) is 3. The van der Waals surface area contributed by atoms with Gasteiger partial charge in [-0.1, -0.05) is 48.0 Å². The van der Waals surface area contributed by atoms with Gasteiger partial charge in [-0.25, -0.2) is 0 Å². The Labute approximate surface area is 130 Å². The summed E-state index contributed by atoms with van der Waals surface area (Å²) in [6.07, 6.45) is 0. The number of methoxy groups -OCH3 is 1. The van der Waals surface area contributed by atoms with Crippen LogP contribution in [-0.4, -0.2) is 13.7 Å². The van der Waals surface area contributed by atoms with Gasteiger partial charge in [-0.3, -0.25) is 0 Å². The smallest absolute Gasteiger partial charge is 0.162 e. The molecule has 0 amide bonds. The van der Waals surface area contributed by atoms with Crippen molar-refractivity contribution < 1.29 is 14.2 Å². The van der Waals surface area contributed by atoms with E-state index < -0.39 is 5.56 Å². The van der Waals surface area contributed by atoms with Crippen LogP contribution >= 0.6 is 11.6 Å². The lowest BCUT2D eigenvalue weighted by Gasteiger charge is -2.15. The summed E-state index contributed by atoms with van der Waals surface area (Å²) >= 11 is 6.17. The Bertz CT molecular complexity index is 557. The summed E-state index contributed by atoms with van der Waals surface area (Å²) in [6, 6.07) is 15.5. The summed E-state index contributed by atoms with van der Waals surface area (Å²) in [5, 5.41) is 0. The van der Waals surface area contributed by atoms with Crippen LogP contribution in [0.1, 0.15) is 23.6 Å². The van der Waals surface area contributed by atoms with Crippen LogP contribution in [0.3, 0.4) is 0 Å². The third-order valence-corrected chi connectivity index (χ3v) is 3.38. The number of hydrogen-bond acceptors (Lipinski definition) is 3. The molecule has 0 aliphatic carbocycles. The van der Waals surface area contributed by atoms with Crippen LogP contribution in [0.4, 0.5) is 0 Å². The van der Waals surface area contributed by atoms with Crippen molar-refractivity contribution in [3.8, 4) is 11.5 Å². The SMILES string of the molecule is CCOC(Cl)c1ccc(OC)c(OCc2ccccc2)c1. The van der Waals surface area contributed by atoms with Crippen LogP contribution in [0.5, 0.6) is 11.5 Å². The second kappa shape index (κ2) is 7.91. The molecule has 0 aromatic heterocycles. The molecule has 3 nitrogen and oxygen atoms in total. The molecule has 1 atom stereocenters. The zero-order chi connectivity index (χ0) is 15.1. The van der Waals surface area contributed by atoms with E-state index >= 15 is 0 Å². The fourth-order valence-corrected chi connectivity index (χ4v) is 2.19. The maximum absolute atomic E-state index is 6.17. The molecule has 0 spiro atoms. The molecule has 1 unspecified atom stereocenters. The van der Waals surface area contributed by atoms with Crippen molar-refractivity contribution in [2.24, 2.45) is 0 Å². The third kappa shape index (κ3) is 4.38. The van der Waals surface area contributed by atoms with Gasteiger partial charge in [-0.15, -0.1) is 0 Å². The van der Waals surface area contributed by atoms with E-state index in [9.17, 15) is 0 Å². The zero-order valence-corrected chi connectivity index (χ0v) is 13.0. The van der Waals surface area contributed by atoms with E-state index in [0.29, 0.717) is 24.7 Å². The Morgan fingerprint density at radius 3 is 2.48 bits per heavy atom. The first-order valence-electron chi connectivity index (χ1n) is 6.85. The summed E-state index contributed by atoms with van der Waals surface area (Å²) in [5.41, 5.74) is 1.46. The fourth-order valence-electron chi connectivity index (χ4n) is 1.93. The lowest BCUT2D eigenvalue weighted by Crippen LogP contribution is -2.01. The van der Waals surface area contributed by atoms with E-state index in [2.05, 4.69) is 0 Å². The first kappa shape index (κ1) is 15.7. The van der Waals surface area contributed by atoms with Gasteiger partial charge in [0, 0.05) is 6.61 Å². The third-order valence-electron chi connectivity index (χ3n) is 3.00. The van der Waals surface area contributed by atoms with Crippen molar-refractivity contribution in [3.05, 3.63) is 59.7 Å². The Hall–Kier alpha value is -1.71. The van der Waals surface area contributed by atoms with Crippen molar-refractivity contribution in [3.63, 3.8) is 0 Å². The van der Waals surface area contributed by atoms with Gasteiger partial charge in [0.05, 0.1) is 7.11 Å². The van der Waals surface area contributed by atoms with Crippen LogP contribution in [0, 0.1) is 0 Å². The minimum Gasteiger partial charge on any atom is -0.493 e. The molecule has 0 bridgehead atoms. The van der Waals surface area contributed by atoms with Gasteiger partial charge < -0.3 is 14.2 Å². The predicted octanol–water partition coefficient (Wildman–Crippen LogP) is 4.55. The van der Waals surface area contributed by atoms with Gasteiger partial charge in [0.1, 0.15) is 6.61 Å². The number of rotatable bonds is 7. The first-order chi connectivity index (χ1) is 10.2. The average Bonchev–Trinajstić information content (AvgIpc) is 2.54. The molecule has 0 saturated heterocycles. The molecular weight excluding hydrogens is 288 g/mol. The number of hydrogen-bond donors (Lipinski definition) is 0. The highest BCUT2D eigenvalue weighted by molar-refractivity contribution is 6.19.